The summed E-state index contributed by atoms with van der Waals surface area (Å²) in [5, 5.41) is 0. The Hall–Kier alpha value is 3.22. The van der Waals surface area contributed by atoms with Crippen LogP contribution in [-0.2, 0) is 58.4 Å². The molecule has 0 saturated carbocycles. The average molecular weight is 447 g/mol. The molecule has 0 aliphatic heterocycles. The maximum Gasteiger partial charge on any atom is 0 e. The van der Waals surface area contributed by atoms with Crippen LogP contribution >= 0.6 is 0 Å². The van der Waals surface area contributed by atoms with Crippen LogP contribution in [0.15, 0.2) is 0 Å². The van der Waals surface area contributed by atoms with E-state index in [1.54, 1.807) is 0 Å². The molecular weight excluding hydrogens is 447 g/mol. The third kappa shape index (κ3) is 8.97. The number of hydrogen-bond donors (Lipinski definition) is 0. The molecule has 0 spiro atoms. The zero-order valence-electron chi connectivity index (χ0n) is 1.56. The minimum Gasteiger partial charge on any atom is 0 e. The molecule has 0 aromatic carbocycles. The van der Waals surface area contributed by atoms with Gasteiger partial charge in [-0.1, -0.05) is 0 Å². The van der Waals surface area contributed by atoms with Crippen LogP contribution in [0.1, 0.15) is 0 Å². The van der Waals surface area contributed by atoms with Gasteiger partial charge in [-0.2, -0.15) is 0 Å². The van der Waals surface area contributed by atoms with Crippen LogP contribution in [0.5, 0.6) is 0 Å². The minimum atomic E-state index is 0. The molecule has 0 heterocycles. The fourth-order valence-electron chi connectivity index (χ4n) is 0. The molecule has 0 saturated heterocycles. The topological polar surface area (TPSA) is 0 Å². The van der Waals surface area contributed by atoms with Gasteiger partial charge in [-0.25, -0.2) is 0 Å². The van der Waals surface area contributed by atoms with Crippen molar-refractivity contribution in [2.75, 3.05) is 0 Å². The van der Waals surface area contributed by atoms with Crippen molar-refractivity contribution in [3.63, 3.8) is 0 Å². The summed E-state index contributed by atoms with van der Waals surface area (Å²) in [6.07, 6.45) is 0. The van der Waals surface area contributed by atoms with E-state index in [2.05, 4.69) is 0 Å². The van der Waals surface area contributed by atoms with Crippen molar-refractivity contribution in [1.82, 2.24) is 0 Å². The Balaban J connectivity index is 0. The van der Waals surface area contributed by atoms with Gasteiger partial charge in [-0.05, 0) is 0 Å². The largest absolute Gasteiger partial charge is 0 e. The average Bonchev–Trinajstić information content (AvgIpc) is 0. The molecule has 0 aliphatic carbocycles. The molecule has 28 valence electrons. The van der Waals surface area contributed by atoms with E-state index in [1.807, 2.05) is 0 Å². The summed E-state index contributed by atoms with van der Waals surface area (Å²) in [4.78, 5) is 0. The summed E-state index contributed by atoms with van der Waals surface area (Å²) in [6.45, 7) is 0. The van der Waals surface area contributed by atoms with Gasteiger partial charge in [-0.15, -0.1) is 0 Å². The van der Waals surface area contributed by atoms with Gasteiger partial charge in [0.1, 0.15) is 0 Å². The van der Waals surface area contributed by atoms with Crippen molar-refractivity contribution < 1.29 is 99.3 Å². The standard InChI is InChI=1S/Nd.3Ru. The molecule has 0 unspecified atom stereocenters. The maximum atomic E-state index is 0. The molecular formula is NdRu3. The van der Waals surface area contributed by atoms with Gasteiger partial charge in [0.25, 0.3) is 0 Å². The van der Waals surface area contributed by atoms with Crippen molar-refractivity contribution in [2.45, 2.75) is 0 Å². The van der Waals surface area contributed by atoms with Crippen molar-refractivity contribution in [3.8, 4) is 0 Å². The van der Waals surface area contributed by atoms with E-state index in [9.17, 15) is 0 Å². The van der Waals surface area contributed by atoms with Crippen LogP contribution in [-0.4, -0.2) is 0 Å². The van der Waals surface area contributed by atoms with E-state index < -0.39 is 0 Å². The van der Waals surface area contributed by atoms with Gasteiger partial charge in [0.05, 0.1) is 0 Å². The van der Waals surface area contributed by atoms with Gasteiger partial charge in [-0.3, -0.25) is 0 Å². The first-order chi connectivity index (χ1) is 0. The first kappa shape index (κ1) is 26.9. The molecule has 0 bridgehead atoms. The predicted octanol–water partition coefficient (Wildman–Crippen LogP) is -0.00750. The van der Waals surface area contributed by atoms with Crippen LogP contribution in [0.4, 0.5) is 0 Å². The quantitative estimate of drug-likeness (QED) is 0.459. The van der Waals surface area contributed by atoms with E-state index in [4.69, 9.17) is 0 Å². The smallest absolute Gasteiger partial charge is 0 e. The monoisotopic (exact) mass is 448 g/mol. The normalized spacial score (nSPS) is 0. The Morgan fingerprint density at radius 1 is 0.500 bits per heavy atom. The Bertz CT molecular complexity index is 3.25. The SMILES string of the molecule is [Nd].[Ru].[Ru].[Ru]. The van der Waals surface area contributed by atoms with Crippen molar-refractivity contribution in [2.24, 2.45) is 0 Å². The van der Waals surface area contributed by atoms with Gasteiger partial charge < -0.3 is 0 Å². The first-order valence-electron chi connectivity index (χ1n) is 0. The first-order valence-corrected chi connectivity index (χ1v) is 0. The van der Waals surface area contributed by atoms with Crippen molar-refractivity contribution >= 4 is 0 Å². The summed E-state index contributed by atoms with van der Waals surface area (Å²) >= 11 is 0. The van der Waals surface area contributed by atoms with Crippen LogP contribution in [0.3, 0.4) is 0 Å². The molecule has 0 atom stereocenters. The van der Waals surface area contributed by atoms with Crippen LogP contribution in [0.25, 0.3) is 0 Å². The second kappa shape index (κ2) is 16.3. The Labute approximate surface area is 97.0 Å². The molecule has 0 aromatic heterocycles. The Morgan fingerprint density at radius 2 is 0.500 bits per heavy atom. The maximum absolute atomic E-state index is 0. The Kier molecular flexibility index (Phi) is 110. The van der Waals surface area contributed by atoms with E-state index in [1.165, 1.54) is 0 Å². The third-order valence-corrected chi connectivity index (χ3v) is 0. The van der Waals surface area contributed by atoms with E-state index in [0.717, 1.165) is 0 Å². The fraction of sp³-hybridized carbons (Fsp3) is 0. The van der Waals surface area contributed by atoms with Crippen molar-refractivity contribution in [3.05, 3.63) is 0 Å². The molecule has 0 aliphatic rings. The van der Waals surface area contributed by atoms with E-state index in [-0.39, 0.29) is 99.3 Å². The molecule has 4 heteroatoms. The van der Waals surface area contributed by atoms with Gasteiger partial charge in [0.2, 0.25) is 0 Å². The summed E-state index contributed by atoms with van der Waals surface area (Å²) in [6, 6.07) is 0. The second-order valence-electron chi connectivity index (χ2n) is 0. The third-order valence-electron chi connectivity index (χ3n) is 0. The number of hydrogen-bond acceptors (Lipinski definition) is 0. The number of rotatable bonds is 0. The molecule has 0 nitrogen and oxygen atoms in total. The summed E-state index contributed by atoms with van der Waals surface area (Å²) in [5.41, 5.74) is 0. The van der Waals surface area contributed by atoms with Gasteiger partial charge in [0.15, 0.2) is 0 Å². The summed E-state index contributed by atoms with van der Waals surface area (Å²) < 4.78 is 0. The molecule has 0 aromatic rings. The molecule has 0 rings (SSSR count). The molecule has 4 heavy (non-hydrogen) atoms. The van der Waals surface area contributed by atoms with Crippen LogP contribution in [0.2, 0.25) is 0 Å². The van der Waals surface area contributed by atoms with Crippen LogP contribution < -0.4 is 0 Å². The Morgan fingerprint density at radius 3 is 0.500 bits per heavy atom. The van der Waals surface area contributed by atoms with Gasteiger partial charge in [0, 0.05) is 99.3 Å². The molecule has 0 N–H and O–H groups in total. The van der Waals surface area contributed by atoms with E-state index in [0.29, 0.717) is 0 Å². The fourth-order valence-corrected chi connectivity index (χ4v) is 0. The summed E-state index contributed by atoms with van der Waals surface area (Å²) in [5.74, 6) is 0. The van der Waals surface area contributed by atoms with Gasteiger partial charge >= 0.3 is 0 Å². The molecule has 0 radical (unpaired) electrons. The molecule has 0 fully saturated rings. The predicted molar refractivity (Wildman–Crippen MR) is 0 cm³/mol. The van der Waals surface area contributed by atoms with E-state index >= 15 is 0 Å². The molecule has 0 amide bonds. The zero-order valence-corrected chi connectivity index (χ0v) is 9.98. The zero-order chi connectivity index (χ0) is 0. The second-order valence-corrected chi connectivity index (χ2v) is 0. The summed E-state index contributed by atoms with van der Waals surface area (Å²) in [7, 11) is 0. The van der Waals surface area contributed by atoms with Crippen LogP contribution in [0, 0.1) is 40.8 Å². The minimum absolute atomic E-state index is 0. The van der Waals surface area contributed by atoms with Crippen molar-refractivity contribution in [1.29, 1.82) is 0 Å².